The van der Waals surface area contributed by atoms with Gasteiger partial charge in [0, 0.05) is 35.3 Å². The summed E-state index contributed by atoms with van der Waals surface area (Å²) in [5.41, 5.74) is 13.2. The molecule has 6 rings (SSSR count). The van der Waals surface area contributed by atoms with Gasteiger partial charge in [-0.05, 0) is 70.7 Å². The Hall–Kier alpha value is -4.16. The fraction of sp³-hybridized carbons (Fsp3) is 0.250. The van der Waals surface area contributed by atoms with E-state index >= 15 is 0 Å². The second-order valence-electron chi connectivity index (χ2n) is 9.93. The molecule has 6 nitrogen and oxygen atoms in total. The Labute approximate surface area is 222 Å². The molecular weight excluding hydrogens is 474 g/mol. The van der Waals surface area contributed by atoms with Crippen molar-refractivity contribution < 1.29 is 14.3 Å². The quantitative estimate of drug-likeness (QED) is 0.279. The van der Waals surface area contributed by atoms with E-state index < -0.39 is 0 Å². The van der Waals surface area contributed by atoms with Crippen molar-refractivity contribution >= 4 is 33.5 Å². The van der Waals surface area contributed by atoms with Gasteiger partial charge in [-0.25, -0.2) is 4.98 Å². The maximum Gasteiger partial charge on any atom is 0.309 e. The van der Waals surface area contributed by atoms with Crippen LogP contribution in [0.25, 0.3) is 32.8 Å². The van der Waals surface area contributed by atoms with Crippen molar-refractivity contribution in [1.82, 2.24) is 9.55 Å². The van der Waals surface area contributed by atoms with Crippen LogP contribution in [0.3, 0.4) is 0 Å². The minimum absolute atomic E-state index is 0.217. The maximum absolute atomic E-state index is 12.0. The standard InChI is InChI=1S/C32H31N3O3/c1-37-31(36)18-22-6-3-2-5-21(22)9-10-24-19-35(25-14-16-38-20-25)30-12-11-23(17-29(24)30)26-7-4-8-28-27(26)13-15-34-32(28)33/h2-8,11-13,15,17,19,25H,9-10,14,16,18,20H2,1H3,(H2,33,34). The Bertz CT molecular complexity index is 1630. The van der Waals surface area contributed by atoms with E-state index in [9.17, 15) is 4.79 Å². The first-order chi connectivity index (χ1) is 18.6. The zero-order valence-electron chi connectivity index (χ0n) is 21.5. The first-order valence-electron chi connectivity index (χ1n) is 13.1. The molecule has 192 valence electrons. The molecule has 0 spiro atoms. The number of carbonyl (C=O) groups is 1. The van der Waals surface area contributed by atoms with E-state index in [1.54, 1.807) is 6.20 Å². The normalized spacial score (nSPS) is 15.3. The third kappa shape index (κ3) is 4.52. The summed E-state index contributed by atoms with van der Waals surface area (Å²) in [6, 6.07) is 23.5. The fourth-order valence-electron chi connectivity index (χ4n) is 5.69. The molecule has 1 fully saturated rings. The Balaban J connectivity index is 1.41. The Morgan fingerprint density at radius 1 is 1.00 bits per heavy atom. The number of hydrogen-bond acceptors (Lipinski definition) is 5. The Kier molecular flexibility index (Phi) is 6.56. The number of hydrogen-bond donors (Lipinski definition) is 1. The van der Waals surface area contributed by atoms with Crippen LogP contribution in [0, 0.1) is 0 Å². The number of esters is 1. The minimum Gasteiger partial charge on any atom is -0.469 e. The van der Waals surface area contributed by atoms with Crippen molar-refractivity contribution in [1.29, 1.82) is 0 Å². The minimum atomic E-state index is -0.217. The summed E-state index contributed by atoms with van der Waals surface area (Å²) in [5, 5.41) is 3.31. The number of carbonyl (C=O) groups excluding carboxylic acids is 1. The van der Waals surface area contributed by atoms with E-state index in [-0.39, 0.29) is 12.4 Å². The molecule has 0 bridgehead atoms. The van der Waals surface area contributed by atoms with Crippen molar-refractivity contribution in [3.05, 3.63) is 95.8 Å². The molecule has 2 N–H and O–H groups in total. The number of nitrogen functional groups attached to an aromatic ring is 1. The predicted octanol–water partition coefficient (Wildman–Crippen LogP) is 5.90. The number of nitrogens with zero attached hydrogens (tertiary/aromatic N) is 2. The number of aromatic nitrogens is 2. The number of nitrogens with two attached hydrogens (primary N) is 1. The predicted molar refractivity (Wildman–Crippen MR) is 151 cm³/mol. The molecule has 1 saturated heterocycles. The first-order valence-corrected chi connectivity index (χ1v) is 13.1. The van der Waals surface area contributed by atoms with Gasteiger partial charge in [-0.3, -0.25) is 4.79 Å². The lowest BCUT2D eigenvalue weighted by molar-refractivity contribution is -0.139. The van der Waals surface area contributed by atoms with Crippen molar-refractivity contribution in [2.45, 2.75) is 31.7 Å². The highest BCUT2D eigenvalue weighted by Crippen LogP contribution is 2.36. The summed E-state index contributed by atoms with van der Waals surface area (Å²) >= 11 is 0. The van der Waals surface area contributed by atoms with E-state index in [4.69, 9.17) is 15.2 Å². The molecular formula is C32H31N3O3. The number of aryl methyl sites for hydroxylation is 2. The fourth-order valence-corrected chi connectivity index (χ4v) is 5.69. The molecule has 0 aliphatic carbocycles. The zero-order valence-corrected chi connectivity index (χ0v) is 21.5. The van der Waals surface area contributed by atoms with Crippen molar-refractivity contribution in [3.8, 4) is 11.1 Å². The van der Waals surface area contributed by atoms with Gasteiger partial charge in [-0.15, -0.1) is 0 Å². The molecule has 38 heavy (non-hydrogen) atoms. The zero-order chi connectivity index (χ0) is 26.1. The average Bonchev–Trinajstić information content (AvgIpc) is 3.60. The van der Waals surface area contributed by atoms with Gasteiger partial charge in [0.25, 0.3) is 0 Å². The Morgan fingerprint density at radius 3 is 2.66 bits per heavy atom. The number of fused-ring (bicyclic) bond motifs is 2. The van der Waals surface area contributed by atoms with Gasteiger partial charge in [0.2, 0.25) is 0 Å². The molecule has 1 atom stereocenters. The third-order valence-corrected chi connectivity index (χ3v) is 7.71. The number of pyridine rings is 1. The van der Waals surface area contributed by atoms with E-state index in [0.717, 1.165) is 59.9 Å². The third-order valence-electron chi connectivity index (χ3n) is 7.71. The molecule has 6 heteroatoms. The number of rotatable bonds is 7. The monoisotopic (exact) mass is 505 g/mol. The highest BCUT2D eigenvalue weighted by atomic mass is 16.5. The number of ether oxygens (including phenoxy) is 2. The molecule has 2 aromatic heterocycles. The van der Waals surface area contributed by atoms with E-state index in [2.05, 4.69) is 46.1 Å². The van der Waals surface area contributed by atoms with Gasteiger partial charge >= 0.3 is 5.97 Å². The summed E-state index contributed by atoms with van der Waals surface area (Å²) in [7, 11) is 1.44. The second-order valence-corrected chi connectivity index (χ2v) is 9.93. The summed E-state index contributed by atoms with van der Waals surface area (Å²) in [5.74, 6) is 0.329. The van der Waals surface area contributed by atoms with Gasteiger partial charge < -0.3 is 19.8 Å². The first kappa shape index (κ1) is 24.2. The highest BCUT2D eigenvalue weighted by Gasteiger charge is 2.21. The largest absolute Gasteiger partial charge is 0.469 e. The maximum atomic E-state index is 12.0. The topological polar surface area (TPSA) is 79.4 Å². The summed E-state index contributed by atoms with van der Waals surface area (Å²) in [6.45, 7) is 1.53. The SMILES string of the molecule is COC(=O)Cc1ccccc1CCc1cn(C2CCOC2)c2ccc(-c3cccc4c(N)nccc34)cc12. The molecule has 5 aromatic rings. The molecule has 3 aromatic carbocycles. The molecule has 0 amide bonds. The lowest BCUT2D eigenvalue weighted by atomic mass is 9.95. The molecule has 1 aliphatic heterocycles. The highest BCUT2D eigenvalue weighted by molar-refractivity contribution is 6.02. The lowest BCUT2D eigenvalue weighted by Gasteiger charge is -2.13. The summed E-state index contributed by atoms with van der Waals surface area (Å²) < 4.78 is 13.0. The number of methoxy groups -OCH3 is 1. The van der Waals surface area contributed by atoms with Crippen LogP contribution in [0.5, 0.6) is 0 Å². The number of anilines is 1. The van der Waals surface area contributed by atoms with E-state index in [1.807, 2.05) is 36.4 Å². The molecule has 3 heterocycles. The van der Waals surface area contributed by atoms with Crippen molar-refractivity contribution in [2.24, 2.45) is 0 Å². The van der Waals surface area contributed by atoms with Gasteiger partial charge in [-0.1, -0.05) is 48.5 Å². The molecule has 0 radical (unpaired) electrons. The van der Waals surface area contributed by atoms with Gasteiger partial charge in [-0.2, -0.15) is 0 Å². The van der Waals surface area contributed by atoms with Crippen LogP contribution in [-0.4, -0.2) is 35.8 Å². The second kappa shape index (κ2) is 10.3. The molecule has 1 unspecified atom stereocenters. The van der Waals surface area contributed by atoms with Crippen LogP contribution in [0.1, 0.15) is 29.2 Å². The summed E-state index contributed by atoms with van der Waals surface area (Å²) in [6.07, 6.45) is 7.09. The van der Waals surface area contributed by atoms with Crippen LogP contribution in [0.4, 0.5) is 5.82 Å². The Morgan fingerprint density at radius 2 is 1.84 bits per heavy atom. The van der Waals surface area contributed by atoms with Crippen LogP contribution in [0.15, 0.2) is 79.1 Å². The van der Waals surface area contributed by atoms with Crippen LogP contribution < -0.4 is 5.73 Å². The average molecular weight is 506 g/mol. The lowest BCUT2D eigenvalue weighted by Crippen LogP contribution is -2.07. The van der Waals surface area contributed by atoms with Crippen LogP contribution >= 0.6 is 0 Å². The van der Waals surface area contributed by atoms with Gasteiger partial charge in [0.15, 0.2) is 0 Å². The molecule has 0 saturated carbocycles. The van der Waals surface area contributed by atoms with E-state index in [1.165, 1.54) is 29.1 Å². The smallest absolute Gasteiger partial charge is 0.309 e. The van der Waals surface area contributed by atoms with Crippen LogP contribution in [0.2, 0.25) is 0 Å². The molecule has 1 aliphatic rings. The van der Waals surface area contributed by atoms with Gasteiger partial charge in [0.1, 0.15) is 5.82 Å². The van der Waals surface area contributed by atoms with E-state index in [0.29, 0.717) is 11.9 Å². The van der Waals surface area contributed by atoms with Crippen molar-refractivity contribution in [3.63, 3.8) is 0 Å². The van der Waals surface area contributed by atoms with Crippen LogP contribution in [-0.2, 0) is 33.5 Å². The van der Waals surface area contributed by atoms with Gasteiger partial charge in [0.05, 0.1) is 26.2 Å². The van der Waals surface area contributed by atoms with Crippen molar-refractivity contribution in [2.75, 3.05) is 26.1 Å². The summed E-state index contributed by atoms with van der Waals surface area (Å²) in [4.78, 5) is 16.2. The number of benzene rings is 3.